The van der Waals surface area contributed by atoms with Crippen molar-refractivity contribution in [1.29, 1.82) is 0 Å². The van der Waals surface area contributed by atoms with Gasteiger partial charge < -0.3 is 10.6 Å². The fourth-order valence-electron chi connectivity index (χ4n) is 2.22. The summed E-state index contributed by atoms with van der Waals surface area (Å²) in [6.45, 7) is 4.73. The lowest BCUT2D eigenvalue weighted by molar-refractivity contribution is 0.0926. The zero-order valence-corrected chi connectivity index (χ0v) is 10.8. The smallest absolute Gasteiger partial charge is 0.251 e. The summed E-state index contributed by atoms with van der Waals surface area (Å²) in [7, 11) is 0. The van der Waals surface area contributed by atoms with Crippen LogP contribution in [0.5, 0.6) is 0 Å². The largest absolute Gasteiger partial charge is 0.348 e. The molecule has 0 radical (unpaired) electrons. The van der Waals surface area contributed by atoms with Crippen molar-refractivity contribution in [2.75, 3.05) is 6.54 Å². The van der Waals surface area contributed by atoms with E-state index >= 15 is 0 Å². The fourth-order valence-corrected chi connectivity index (χ4v) is 2.22. The molecule has 1 aromatic carbocycles. The second-order valence-electron chi connectivity index (χ2n) is 5.02. The number of piperidine rings is 1. The number of nitrogens with one attached hydrogen (secondary N) is 2. The van der Waals surface area contributed by atoms with E-state index in [4.69, 9.17) is 0 Å². The summed E-state index contributed by atoms with van der Waals surface area (Å²) in [6, 6.07) is 4.94. The minimum atomic E-state index is -0.374. The molecule has 2 N–H and O–H groups in total. The van der Waals surface area contributed by atoms with Gasteiger partial charge in [-0.3, -0.25) is 4.79 Å². The van der Waals surface area contributed by atoms with E-state index < -0.39 is 0 Å². The average molecular weight is 250 g/mol. The number of carbonyl (C=O) groups excluding carboxylic acids is 1. The Kier molecular flexibility index (Phi) is 3.97. The third-order valence-electron chi connectivity index (χ3n) is 3.44. The molecule has 2 atom stereocenters. The summed E-state index contributed by atoms with van der Waals surface area (Å²) in [5.74, 6) is -0.561. The molecule has 0 saturated carbocycles. The second-order valence-corrected chi connectivity index (χ2v) is 5.02. The van der Waals surface area contributed by atoms with E-state index in [2.05, 4.69) is 17.6 Å². The lowest BCUT2D eigenvalue weighted by Crippen LogP contribution is -2.48. The number of rotatable bonds is 2. The Labute approximate surface area is 107 Å². The number of halogens is 1. The highest BCUT2D eigenvalue weighted by atomic mass is 19.1. The molecule has 4 heteroatoms. The molecule has 3 nitrogen and oxygen atoms in total. The van der Waals surface area contributed by atoms with Crippen molar-refractivity contribution in [1.82, 2.24) is 10.6 Å². The van der Waals surface area contributed by atoms with Crippen LogP contribution < -0.4 is 10.6 Å². The van der Waals surface area contributed by atoms with Gasteiger partial charge in [0.25, 0.3) is 5.91 Å². The molecule has 1 heterocycles. The van der Waals surface area contributed by atoms with Gasteiger partial charge in [0.2, 0.25) is 0 Å². The first kappa shape index (κ1) is 13.0. The van der Waals surface area contributed by atoms with Gasteiger partial charge in [-0.25, -0.2) is 4.39 Å². The molecule has 1 aliphatic rings. The third-order valence-corrected chi connectivity index (χ3v) is 3.44. The summed E-state index contributed by atoms with van der Waals surface area (Å²) in [5, 5.41) is 6.28. The Morgan fingerprint density at radius 1 is 1.44 bits per heavy atom. The van der Waals surface area contributed by atoms with Crippen LogP contribution in [0.4, 0.5) is 4.39 Å². The normalized spacial score (nSPS) is 23.7. The predicted molar refractivity (Wildman–Crippen MR) is 69.1 cm³/mol. The number of aryl methyl sites for hydroxylation is 1. The molecular formula is C14H19FN2O. The quantitative estimate of drug-likeness (QED) is 0.843. The summed E-state index contributed by atoms with van der Waals surface area (Å²) in [5.41, 5.74) is 1.22. The molecule has 1 fully saturated rings. The van der Waals surface area contributed by atoms with Crippen LogP contribution in [-0.2, 0) is 0 Å². The number of amides is 1. The van der Waals surface area contributed by atoms with Gasteiger partial charge in [-0.15, -0.1) is 0 Å². The minimum absolute atomic E-state index is 0.136. The molecular weight excluding hydrogens is 231 g/mol. The maximum atomic E-state index is 13.1. The van der Waals surface area contributed by atoms with Crippen LogP contribution in [0.2, 0.25) is 0 Å². The lowest BCUT2D eigenvalue weighted by atomic mass is 10.0. The highest BCUT2D eigenvalue weighted by Crippen LogP contribution is 2.12. The molecule has 1 amide bonds. The van der Waals surface area contributed by atoms with Crippen LogP contribution in [0.15, 0.2) is 18.2 Å². The Morgan fingerprint density at radius 2 is 2.22 bits per heavy atom. The van der Waals surface area contributed by atoms with Gasteiger partial charge in [0.05, 0.1) is 0 Å². The Hall–Kier alpha value is -1.42. The Morgan fingerprint density at radius 3 is 2.89 bits per heavy atom. The minimum Gasteiger partial charge on any atom is -0.348 e. The SMILES string of the molecule is Cc1ccc(F)cc1C(=O)NC1CCC(C)NC1. The molecule has 1 saturated heterocycles. The van der Waals surface area contributed by atoms with Crippen molar-refractivity contribution in [3.8, 4) is 0 Å². The monoisotopic (exact) mass is 250 g/mol. The van der Waals surface area contributed by atoms with Crippen LogP contribution in [0.1, 0.15) is 35.7 Å². The molecule has 0 aromatic heterocycles. The van der Waals surface area contributed by atoms with Crippen LogP contribution in [0, 0.1) is 12.7 Å². The molecule has 0 bridgehead atoms. The highest BCUT2D eigenvalue weighted by molar-refractivity contribution is 5.95. The molecule has 2 unspecified atom stereocenters. The van der Waals surface area contributed by atoms with Crippen molar-refractivity contribution < 1.29 is 9.18 Å². The van der Waals surface area contributed by atoms with Gasteiger partial charge in [0, 0.05) is 24.2 Å². The number of hydrogen-bond donors (Lipinski definition) is 2. The average Bonchev–Trinajstić information content (AvgIpc) is 2.35. The number of hydrogen-bond acceptors (Lipinski definition) is 2. The van der Waals surface area contributed by atoms with Gasteiger partial charge in [0.15, 0.2) is 0 Å². The van der Waals surface area contributed by atoms with Crippen molar-refractivity contribution in [3.63, 3.8) is 0 Å². The summed E-state index contributed by atoms with van der Waals surface area (Å²) in [4.78, 5) is 12.1. The third kappa shape index (κ3) is 3.07. The van der Waals surface area contributed by atoms with Crippen LogP contribution >= 0.6 is 0 Å². The second kappa shape index (κ2) is 5.48. The van der Waals surface area contributed by atoms with E-state index in [9.17, 15) is 9.18 Å². The standard InChI is InChI=1S/C14H19FN2O/c1-9-3-5-11(15)7-13(9)14(18)17-12-6-4-10(2)16-8-12/h3,5,7,10,12,16H,4,6,8H2,1-2H3,(H,17,18). The number of carbonyl (C=O) groups is 1. The Bertz CT molecular complexity index is 439. The highest BCUT2D eigenvalue weighted by Gasteiger charge is 2.20. The zero-order valence-electron chi connectivity index (χ0n) is 10.8. The predicted octanol–water partition coefficient (Wildman–Crippen LogP) is 2.00. The van der Waals surface area contributed by atoms with E-state index in [1.54, 1.807) is 6.07 Å². The van der Waals surface area contributed by atoms with Crippen molar-refractivity contribution in [3.05, 3.63) is 35.1 Å². The Balaban J connectivity index is 2.01. The van der Waals surface area contributed by atoms with Crippen molar-refractivity contribution in [2.24, 2.45) is 0 Å². The van der Waals surface area contributed by atoms with Gasteiger partial charge in [-0.1, -0.05) is 6.07 Å². The van der Waals surface area contributed by atoms with E-state index in [0.717, 1.165) is 24.9 Å². The van der Waals surface area contributed by atoms with E-state index in [-0.39, 0.29) is 17.8 Å². The van der Waals surface area contributed by atoms with Gasteiger partial charge in [0.1, 0.15) is 5.82 Å². The van der Waals surface area contributed by atoms with E-state index in [1.807, 2.05) is 6.92 Å². The molecule has 98 valence electrons. The molecule has 18 heavy (non-hydrogen) atoms. The van der Waals surface area contributed by atoms with Crippen LogP contribution in [-0.4, -0.2) is 24.5 Å². The zero-order chi connectivity index (χ0) is 13.1. The first-order chi connectivity index (χ1) is 8.56. The van der Waals surface area contributed by atoms with Gasteiger partial charge >= 0.3 is 0 Å². The number of benzene rings is 1. The maximum Gasteiger partial charge on any atom is 0.251 e. The summed E-state index contributed by atoms with van der Waals surface area (Å²) < 4.78 is 13.1. The lowest BCUT2D eigenvalue weighted by Gasteiger charge is -2.28. The first-order valence-electron chi connectivity index (χ1n) is 6.36. The van der Waals surface area contributed by atoms with Crippen LogP contribution in [0.25, 0.3) is 0 Å². The van der Waals surface area contributed by atoms with Gasteiger partial charge in [-0.05, 0) is 44.4 Å². The van der Waals surface area contributed by atoms with Crippen molar-refractivity contribution >= 4 is 5.91 Å². The first-order valence-corrected chi connectivity index (χ1v) is 6.36. The maximum absolute atomic E-state index is 13.1. The van der Waals surface area contributed by atoms with Crippen molar-refractivity contribution in [2.45, 2.75) is 38.8 Å². The summed E-state index contributed by atoms with van der Waals surface area (Å²) >= 11 is 0. The van der Waals surface area contributed by atoms with E-state index in [1.165, 1.54) is 12.1 Å². The molecule has 2 rings (SSSR count). The van der Waals surface area contributed by atoms with E-state index in [0.29, 0.717) is 11.6 Å². The summed E-state index contributed by atoms with van der Waals surface area (Å²) in [6.07, 6.45) is 2.02. The molecule has 1 aromatic rings. The molecule has 1 aliphatic heterocycles. The fraction of sp³-hybridized carbons (Fsp3) is 0.500. The topological polar surface area (TPSA) is 41.1 Å². The van der Waals surface area contributed by atoms with Gasteiger partial charge in [-0.2, -0.15) is 0 Å². The molecule has 0 aliphatic carbocycles. The van der Waals surface area contributed by atoms with Crippen LogP contribution in [0.3, 0.4) is 0 Å². The molecule has 0 spiro atoms.